The molecule has 3 rings (SSSR count). The van der Waals surface area contributed by atoms with Gasteiger partial charge in [-0.2, -0.15) is 0 Å². The first-order valence-electron chi connectivity index (χ1n) is 5.83. The second-order valence-corrected chi connectivity index (χ2v) is 4.65. The van der Waals surface area contributed by atoms with Crippen LogP contribution in [-0.4, -0.2) is 16.0 Å². The molecule has 0 saturated carbocycles. The molecule has 0 amide bonds. The third kappa shape index (κ3) is 1.43. The Morgan fingerprint density at radius 3 is 3.06 bits per heavy atom. The fourth-order valence-corrected chi connectivity index (χ4v) is 2.22. The van der Waals surface area contributed by atoms with Crippen LogP contribution in [0.3, 0.4) is 0 Å². The van der Waals surface area contributed by atoms with Gasteiger partial charge in [0.1, 0.15) is 5.65 Å². The normalized spacial score (nSPS) is 15.7. The zero-order valence-corrected chi connectivity index (χ0v) is 9.73. The minimum atomic E-state index is 0.558. The van der Waals surface area contributed by atoms with Crippen LogP contribution in [-0.2, 0) is 17.8 Å². The van der Waals surface area contributed by atoms with E-state index in [0.717, 1.165) is 24.4 Å². The van der Waals surface area contributed by atoms with Crippen LogP contribution in [0.4, 0.5) is 0 Å². The van der Waals surface area contributed by atoms with Gasteiger partial charge in [-0.15, -0.1) is 0 Å². The van der Waals surface area contributed by atoms with Gasteiger partial charge in [-0.05, 0) is 17.5 Å². The standard InChI is InChI=1S/C13H16N2O/c1-9(2)10-3-4-13-14-11-8-16-6-5-12(11)15(13)7-10/h3-4,7,9H,5-6,8H2,1-2H3. The second kappa shape index (κ2) is 3.59. The minimum Gasteiger partial charge on any atom is -0.375 e. The Bertz CT molecular complexity index is 528. The summed E-state index contributed by atoms with van der Waals surface area (Å²) in [5, 5.41) is 0. The Balaban J connectivity index is 2.21. The number of fused-ring (bicyclic) bond motifs is 3. The summed E-state index contributed by atoms with van der Waals surface area (Å²) >= 11 is 0. The Morgan fingerprint density at radius 1 is 1.38 bits per heavy atom. The third-order valence-corrected chi connectivity index (χ3v) is 3.21. The van der Waals surface area contributed by atoms with E-state index in [4.69, 9.17) is 4.74 Å². The molecule has 0 spiro atoms. The zero-order chi connectivity index (χ0) is 11.1. The van der Waals surface area contributed by atoms with E-state index in [1.54, 1.807) is 0 Å². The molecule has 3 nitrogen and oxygen atoms in total. The molecule has 84 valence electrons. The molecule has 0 aliphatic carbocycles. The lowest BCUT2D eigenvalue weighted by atomic mass is 10.1. The molecule has 16 heavy (non-hydrogen) atoms. The summed E-state index contributed by atoms with van der Waals surface area (Å²) in [6.07, 6.45) is 3.19. The van der Waals surface area contributed by atoms with Crippen molar-refractivity contribution < 1.29 is 4.74 Å². The Morgan fingerprint density at radius 2 is 2.25 bits per heavy atom. The van der Waals surface area contributed by atoms with Crippen molar-refractivity contribution in [3.8, 4) is 0 Å². The zero-order valence-electron chi connectivity index (χ0n) is 9.73. The molecule has 0 unspecified atom stereocenters. The van der Waals surface area contributed by atoms with Gasteiger partial charge in [0.2, 0.25) is 0 Å². The molecule has 0 bridgehead atoms. The van der Waals surface area contributed by atoms with Gasteiger partial charge in [0.05, 0.1) is 24.6 Å². The Hall–Kier alpha value is -1.35. The largest absolute Gasteiger partial charge is 0.375 e. The minimum absolute atomic E-state index is 0.558. The molecule has 0 aromatic carbocycles. The van der Waals surface area contributed by atoms with E-state index in [0.29, 0.717) is 12.5 Å². The van der Waals surface area contributed by atoms with Crippen molar-refractivity contribution in [3.63, 3.8) is 0 Å². The summed E-state index contributed by atoms with van der Waals surface area (Å²) in [5.41, 5.74) is 4.83. The number of rotatable bonds is 1. The smallest absolute Gasteiger partial charge is 0.137 e. The number of ether oxygens (including phenoxy) is 1. The molecular formula is C13H16N2O. The monoisotopic (exact) mass is 216 g/mol. The van der Waals surface area contributed by atoms with Crippen molar-refractivity contribution in [2.45, 2.75) is 32.8 Å². The van der Waals surface area contributed by atoms with Crippen LogP contribution in [0.25, 0.3) is 5.65 Å². The molecule has 2 aromatic heterocycles. The Labute approximate surface area is 95.1 Å². The summed E-state index contributed by atoms with van der Waals surface area (Å²) in [5.74, 6) is 0.558. The maximum atomic E-state index is 5.43. The molecule has 0 N–H and O–H groups in total. The van der Waals surface area contributed by atoms with E-state index >= 15 is 0 Å². The van der Waals surface area contributed by atoms with Gasteiger partial charge >= 0.3 is 0 Å². The van der Waals surface area contributed by atoms with Crippen LogP contribution in [0.1, 0.15) is 36.7 Å². The lowest BCUT2D eigenvalue weighted by Gasteiger charge is -2.12. The predicted octanol–water partition coefficient (Wildman–Crippen LogP) is 2.53. The summed E-state index contributed by atoms with van der Waals surface area (Å²) < 4.78 is 7.66. The number of nitrogens with zero attached hydrogens (tertiary/aromatic N) is 2. The molecule has 1 aliphatic rings. The van der Waals surface area contributed by atoms with Gasteiger partial charge < -0.3 is 9.14 Å². The van der Waals surface area contributed by atoms with Gasteiger partial charge in [-0.25, -0.2) is 4.98 Å². The quantitative estimate of drug-likeness (QED) is 0.732. The number of hydrogen-bond acceptors (Lipinski definition) is 2. The fraction of sp³-hybridized carbons (Fsp3) is 0.462. The van der Waals surface area contributed by atoms with E-state index < -0.39 is 0 Å². The first-order chi connectivity index (χ1) is 7.75. The Kier molecular flexibility index (Phi) is 2.21. The fourth-order valence-electron chi connectivity index (χ4n) is 2.22. The first-order valence-corrected chi connectivity index (χ1v) is 5.83. The van der Waals surface area contributed by atoms with E-state index in [1.165, 1.54) is 11.3 Å². The van der Waals surface area contributed by atoms with Crippen molar-refractivity contribution in [1.29, 1.82) is 0 Å². The third-order valence-electron chi connectivity index (χ3n) is 3.21. The van der Waals surface area contributed by atoms with Crippen molar-refractivity contribution in [3.05, 3.63) is 35.3 Å². The molecule has 0 atom stereocenters. The maximum absolute atomic E-state index is 5.43. The predicted molar refractivity (Wildman–Crippen MR) is 62.6 cm³/mol. The van der Waals surface area contributed by atoms with Crippen molar-refractivity contribution in [2.24, 2.45) is 0 Å². The van der Waals surface area contributed by atoms with Gasteiger partial charge in [0, 0.05) is 12.6 Å². The molecule has 3 heteroatoms. The van der Waals surface area contributed by atoms with E-state index in [9.17, 15) is 0 Å². The van der Waals surface area contributed by atoms with Gasteiger partial charge in [0.15, 0.2) is 0 Å². The van der Waals surface area contributed by atoms with Gasteiger partial charge in [-0.1, -0.05) is 19.9 Å². The first kappa shape index (κ1) is 9.85. The topological polar surface area (TPSA) is 26.5 Å². The highest BCUT2D eigenvalue weighted by molar-refractivity contribution is 5.45. The lowest BCUT2D eigenvalue weighted by molar-refractivity contribution is 0.107. The number of imidazole rings is 1. The highest BCUT2D eigenvalue weighted by atomic mass is 16.5. The van der Waals surface area contributed by atoms with Gasteiger partial charge in [-0.3, -0.25) is 0 Å². The maximum Gasteiger partial charge on any atom is 0.137 e. The second-order valence-electron chi connectivity index (χ2n) is 4.65. The van der Waals surface area contributed by atoms with Crippen LogP contribution in [0.15, 0.2) is 18.3 Å². The molecular weight excluding hydrogens is 200 g/mol. The average Bonchev–Trinajstić information content (AvgIpc) is 2.66. The molecule has 3 heterocycles. The van der Waals surface area contributed by atoms with E-state index in [-0.39, 0.29) is 0 Å². The van der Waals surface area contributed by atoms with Crippen LogP contribution in [0.2, 0.25) is 0 Å². The van der Waals surface area contributed by atoms with Crippen LogP contribution in [0, 0.1) is 0 Å². The van der Waals surface area contributed by atoms with E-state index in [1.807, 2.05) is 0 Å². The van der Waals surface area contributed by atoms with Crippen molar-refractivity contribution in [2.75, 3.05) is 6.61 Å². The SMILES string of the molecule is CC(C)c1ccc2nc3c(n2c1)CCOC3. The number of pyridine rings is 1. The summed E-state index contributed by atoms with van der Waals surface area (Å²) in [6, 6.07) is 4.27. The van der Waals surface area contributed by atoms with Crippen LogP contribution < -0.4 is 0 Å². The average molecular weight is 216 g/mol. The summed E-state index contributed by atoms with van der Waals surface area (Å²) in [6.45, 7) is 5.90. The highest BCUT2D eigenvalue weighted by Gasteiger charge is 2.16. The molecule has 0 saturated heterocycles. The van der Waals surface area contributed by atoms with Crippen LogP contribution >= 0.6 is 0 Å². The van der Waals surface area contributed by atoms with Gasteiger partial charge in [0.25, 0.3) is 0 Å². The molecule has 2 aromatic rings. The van der Waals surface area contributed by atoms with Crippen molar-refractivity contribution >= 4 is 5.65 Å². The lowest BCUT2D eigenvalue weighted by Crippen LogP contribution is -2.10. The van der Waals surface area contributed by atoms with Crippen LogP contribution in [0.5, 0.6) is 0 Å². The summed E-state index contributed by atoms with van der Waals surface area (Å²) in [4.78, 5) is 4.59. The molecule has 0 fully saturated rings. The van der Waals surface area contributed by atoms with E-state index in [2.05, 4.69) is 41.6 Å². The molecule has 1 aliphatic heterocycles. The molecule has 0 radical (unpaired) electrons. The van der Waals surface area contributed by atoms with Crippen molar-refractivity contribution in [1.82, 2.24) is 9.38 Å². The summed E-state index contributed by atoms with van der Waals surface area (Å²) in [7, 11) is 0. The number of hydrogen-bond donors (Lipinski definition) is 0. The highest BCUT2D eigenvalue weighted by Crippen LogP contribution is 2.21. The number of aromatic nitrogens is 2.